The Labute approximate surface area is 113 Å². The van der Waals surface area contributed by atoms with Crippen LogP contribution in [0.1, 0.15) is 31.4 Å². The Kier molecular flexibility index (Phi) is 4.30. The summed E-state index contributed by atoms with van der Waals surface area (Å²) in [5, 5.41) is 4.09. The highest BCUT2D eigenvalue weighted by atomic mass is 35.5. The molecule has 0 bridgehead atoms. The van der Waals surface area contributed by atoms with Crippen molar-refractivity contribution in [1.82, 2.24) is 5.32 Å². The number of hydrogen-bond acceptors (Lipinski definition) is 3. The van der Waals surface area contributed by atoms with Gasteiger partial charge in [0, 0.05) is 17.1 Å². The molecule has 1 fully saturated rings. The van der Waals surface area contributed by atoms with Crippen LogP contribution in [0.2, 0.25) is 5.02 Å². The number of halogens is 1. The van der Waals surface area contributed by atoms with Gasteiger partial charge in [-0.1, -0.05) is 23.7 Å². The zero-order valence-electron chi connectivity index (χ0n) is 10.4. The van der Waals surface area contributed by atoms with E-state index in [0.29, 0.717) is 10.8 Å². The Bertz CT molecular complexity index is 515. The van der Waals surface area contributed by atoms with E-state index in [2.05, 4.69) is 5.32 Å². The van der Waals surface area contributed by atoms with Crippen LogP contribution in [0.4, 0.5) is 0 Å². The molecule has 2 rings (SSSR count). The van der Waals surface area contributed by atoms with Crippen molar-refractivity contribution >= 4 is 21.4 Å². The average Bonchev–Trinajstić information content (AvgIpc) is 2.27. The molecule has 1 aliphatic rings. The van der Waals surface area contributed by atoms with Crippen molar-refractivity contribution in [2.75, 3.05) is 11.5 Å². The SMILES string of the molecule is C[C@@H](NC1CCCS(=O)(=O)C1)c1cccc(Cl)c1. The normalized spacial score (nSPS) is 24.7. The zero-order valence-corrected chi connectivity index (χ0v) is 12.0. The van der Waals surface area contributed by atoms with Crippen LogP contribution in [0.25, 0.3) is 0 Å². The smallest absolute Gasteiger partial charge is 0.151 e. The van der Waals surface area contributed by atoms with Gasteiger partial charge in [-0.25, -0.2) is 8.42 Å². The highest BCUT2D eigenvalue weighted by Crippen LogP contribution is 2.20. The van der Waals surface area contributed by atoms with E-state index < -0.39 is 9.84 Å². The number of hydrogen-bond donors (Lipinski definition) is 1. The Morgan fingerprint density at radius 1 is 1.44 bits per heavy atom. The van der Waals surface area contributed by atoms with E-state index in [1.54, 1.807) is 0 Å². The van der Waals surface area contributed by atoms with E-state index in [1.807, 2.05) is 31.2 Å². The van der Waals surface area contributed by atoms with Crippen LogP contribution in [0, 0.1) is 0 Å². The van der Waals surface area contributed by atoms with Gasteiger partial charge < -0.3 is 5.32 Å². The second kappa shape index (κ2) is 5.59. The summed E-state index contributed by atoms with van der Waals surface area (Å²) in [5.41, 5.74) is 1.09. The van der Waals surface area contributed by atoms with Gasteiger partial charge in [0.15, 0.2) is 9.84 Å². The maximum Gasteiger partial charge on any atom is 0.151 e. The first kappa shape index (κ1) is 13.8. The van der Waals surface area contributed by atoms with Gasteiger partial charge in [0.1, 0.15) is 0 Å². The molecule has 100 valence electrons. The summed E-state index contributed by atoms with van der Waals surface area (Å²) in [6, 6.07) is 7.83. The maximum absolute atomic E-state index is 11.6. The summed E-state index contributed by atoms with van der Waals surface area (Å²) >= 11 is 5.95. The third-order valence-electron chi connectivity index (χ3n) is 3.30. The van der Waals surface area contributed by atoms with Crippen molar-refractivity contribution in [3.05, 3.63) is 34.9 Å². The number of nitrogens with one attached hydrogen (secondary N) is 1. The Balaban J connectivity index is 2.01. The van der Waals surface area contributed by atoms with Crippen LogP contribution >= 0.6 is 11.6 Å². The Morgan fingerprint density at radius 2 is 2.22 bits per heavy atom. The molecular formula is C13H18ClNO2S. The molecule has 0 aromatic heterocycles. The topological polar surface area (TPSA) is 46.2 Å². The lowest BCUT2D eigenvalue weighted by Crippen LogP contribution is -2.41. The first-order valence-corrected chi connectivity index (χ1v) is 8.38. The fourth-order valence-electron chi connectivity index (χ4n) is 2.38. The number of rotatable bonds is 3. The van der Waals surface area contributed by atoms with Crippen LogP contribution in [0.15, 0.2) is 24.3 Å². The summed E-state index contributed by atoms with van der Waals surface area (Å²) in [6.07, 6.45) is 1.67. The van der Waals surface area contributed by atoms with Gasteiger partial charge in [-0.2, -0.15) is 0 Å². The monoisotopic (exact) mass is 287 g/mol. The first-order chi connectivity index (χ1) is 8.46. The lowest BCUT2D eigenvalue weighted by molar-refractivity contribution is 0.437. The minimum Gasteiger partial charge on any atom is -0.306 e. The first-order valence-electron chi connectivity index (χ1n) is 6.18. The molecule has 3 nitrogen and oxygen atoms in total. The third-order valence-corrected chi connectivity index (χ3v) is 5.35. The second-order valence-corrected chi connectivity index (χ2v) is 7.56. The predicted octanol–water partition coefficient (Wildman–Crippen LogP) is 2.57. The Hall–Kier alpha value is -0.580. The van der Waals surface area contributed by atoms with Crippen LogP contribution in [0.5, 0.6) is 0 Å². The molecule has 0 amide bonds. The van der Waals surface area contributed by atoms with Crippen LogP contribution in [-0.4, -0.2) is 26.0 Å². The standard InChI is InChI=1S/C13H18ClNO2S/c1-10(11-4-2-5-12(14)8-11)15-13-6-3-7-18(16,17)9-13/h2,4-5,8,10,13,15H,3,6-7,9H2,1H3/t10-,13?/m1/s1. The van der Waals surface area contributed by atoms with Crippen molar-refractivity contribution in [3.63, 3.8) is 0 Å². The second-order valence-electron chi connectivity index (χ2n) is 4.90. The summed E-state index contributed by atoms with van der Waals surface area (Å²) in [6.45, 7) is 2.03. The molecule has 2 atom stereocenters. The molecule has 1 unspecified atom stereocenters. The lowest BCUT2D eigenvalue weighted by Gasteiger charge is -2.26. The van der Waals surface area contributed by atoms with E-state index in [9.17, 15) is 8.42 Å². The van der Waals surface area contributed by atoms with E-state index in [0.717, 1.165) is 18.4 Å². The van der Waals surface area contributed by atoms with Crippen molar-refractivity contribution in [3.8, 4) is 0 Å². The van der Waals surface area contributed by atoms with Gasteiger partial charge in [0.05, 0.1) is 11.5 Å². The van der Waals surface area contributed by atoms with Crippen molar-refractivity contribution < 1.29 is 8.42 Å². The molecule has 1 aliphatic heterocycles. The minimum atomic E-state index is -2.86. The minimum absolute atomic E-state index is 0.0535. The molecular weight excluding hydrogens is 270 g/mol. The number of benzene rings is 1. The predicted molar refractivity (Wildman–Crippen MR) is 74.7 cm³/mol. The molecule has 5 heteroatoms. The van der Waals surface area contributed by atoms with Crippen molar-refractivity contribution in [1.29, 1.82) is 0 Å². The quantitative estimate of drug-likeness (QED) is 0.929. The molecule has 18 heavy (non-hydrogen) atoms. The highest BCUT2D eigenvalue weighted by Gasteiger charge is 2.25. The van der Waals surface area contributed by atoms with Gasteiger partial charge >= 0.3 is 0 Å². The number of sulfone groups is 1. The highest BCUT2D eigenvalue weighted by molar-refractivity contribution is 7.91. The van der Waals surface area contributed by atoms with E-state index in [4.69, 9.17) is 11.6 Å². The maximum atomic E-state index is 11.6. The lowest BCUT2D eigenvalue weighted by atomic mass is 10.1. The molecule has 1 N–H and O–H groups in total. The van der Waals surface area contributed by atoms with Gasteiger partial charge in [0.25, 0.3) is 0 Å². The van der Waals surface area contributed by atoms with Crippen molar-refractivity contribution in [2.24, 2.45) is 0 Å². The van der Waals surface area contributed by atoms with Crippen LogP contribution in [-0.2, 0) is 9.84 Å². The molecule has 1 aromatic rings. The summed E-state index contributed by atoms with van der Waals surface area (Å²) in [4.78, 5) is 0. The summed E-state index contributed by atoms with van der Waals surface area (Å²) in [7, 11) is -2.86. The fraction of sp³-hybridized carbons (Fsp3) is 0.538. The van der Waals surface area contributed by atoms with Gasteiger partial charge in [-0.05, 0) is 37.5 Å². The molecule has 0 aliphatic carbocycles. The van der Waals surface area contributed by atoms with E-state index in [-0.39, 0.29) is 17.8 Å². The van der Waals surface area contributed by atoms with Gasteiger partial charge in [-0.15, -0.1) is 0 Å². The third kappa shape index (κ3) is 3.70. The molecule has 1 saturated heterocycles. The molecule has 1 aromatic carbocycles. The van der Waals surface area contributed by atoms with E-state index in [1.165, 1.54) is 0 Å². The average molecular weight is 288 g/mol. The molecule has 1 heterocycles. The largest absolute Gasteiger partial charge is 0.306 e. The Morgan fingerprint density at radius 3 is 2.89 bits per heavy atom. The van der Waals surface area contributed by atoms with Gasteiger partial charge in [0.2, 0.25) is 0 Å². The van der Waals surface area contributed by atoms with Crippen LogP contribution < -0.4 is 5.32 Å². The zero-order chi connectivity index (χ0) is 13.2. The summed E-state index contributed by atoms with van der Waals surface area (Å²) < 4.78 is 23.1. The fourth-order valence-corrected chi connectivity index (χ4v) is 4.23. The van der Waals surface area contributed by atoms with Crippen molar-refractivity contribution in [2.45, 2.75) is 31.8 Å². The summed E-state index contributed by atoms with van der Waals surface area (Å²) in [5.74, 6) is 0.578. The van der Waals surface area contributed by atoms with E-state index >= 15 is 0 Å². The molecule has 0 saturated carbocycles. The van der Waals surface area contributed by atoms with Crippen LogP contribution in [0.3, 0.4) is 0 Å². The van der Waals surface area contributed by atoms with Gasteiger partial charge in [-0.3, -0.25) is 0 Å². The molecule has 0 radical (unpaired) electrons. The molecule has 0 spiro atoms.